The Balaban J connectivity index is 1.51. The molecule has 0 N–H and O–H groups in total. The van der Waals surface area contributed by atoms with Gasteiger partial charge in [0.1, 0.15) is 12.4 Å². The van der Waals surface area contributed by atoms with Gasteiger partial charge in [0.2, 0.25) is 0 Å². The lowest BCUT2D eigenvalue weighted by atomic mass is 9.88. The first kappa shape index (κ1) is 25.9. The second kappa shape index (κ2) is 11.8. The van der Waals surface area contributed by atoms with E-state index in [1.807, 2.05) is 60.7 Å². The number of rotatable bonds is 7. The number of hydrogen-bond acceptors (Lipinski definition) is 5. The van der Waals surface area contributed by atoms with Crippen LogP contribution in [0.3, 0.4) is 0 Å². The van der Waals surface area contributed by atoms with Crippen LogP contribution in [0.25, 0.3) is 10.9 Å². The van der Waals surface area contributed by atoms with Gasteiger partial charge in [-0.3, -0.25) is 4.79 Å². The van der Waals surface area contributed by atoms with Crippen molar-refractivity contribution in [3.8, 4) is 11.5 Å². The van der Waals surface area contributed by atoms with E-state index in [0.717, 1.165) is 50.7 Å². The summed E-state index contributed by atoms with van der Waals surface area (Å²) in [6, 6.07) is 19.5. The van der Waals surface area contributed by atoms with Crippen molar-refractivity contribution in [2.45, 2.75) is 44.6 Å². The van der Waals surface area contributed by atoms with Gasteiger partial charge in [0.25, 0.3) is 5.56 Å². The van der Waals surface area contributed by atoms with Crippen LogP contribution in [0, 0.1) is 3.57 Å². The number of hydrogen-bond donors (Lipinski definition) is 0. The predicted molar refractivity (Wildman–Crippen MR) is 159 cm³/mol. The molecule has 0 saturated heterocycles. The van der Waals surface area contributed by atoms with Crippen molar-refractivity contribution >= 4 is 55.6 Å². The summed E-state index contributed by atoms with van der Waals surface area (Å²) in [7, 11) is 1.62. The van der Waals surface area contributed by atoms with Crippen LogP contribution in [0.4, 0.5) is 0 Å². The maximum Gasteiger partial charge on any atom is 0.282 e. The molecule has 3 aromatic carbocycles. The molecule has 0 atom stereocenters. The third-order valence-electron chi connectivity index (χ3n) is 6.60. The highest BCUT2D eigenvalue weighted by Gasteiger charge is 2.22. The van der Waals surface area contributed by atoms with Gasteiger partial charge in [0.15, 0.2) is 11.5 Å². The van der Waals surface area contributed by atoms with E-state index in [0.29, 0.717) is 29.0 Å². The predicted octanol–water partition coefficient (Wildman–Crippen LogP) is 7.28. The molecule has 0 spiro atoms. The molecule has 8 heteroatoms. The molecule has 5 rings (SSSR count). The van der Waals surface area contributed by atoms with Gasteiger partial charge in [0, 0.05) is 10.4 Å². The molecule has 1 aromatic heterocycles. The molecule has 0 bridgehead atoms. The highest BCUT2D eigenvalue weighted by Crippen LogP contribution is 2.35. The Kier molecular flexibility index (Phi) is 8.24. The highest BCUT2D eigenvalue weighted by atomic mass is 127. The van der Waals surface area contributed by atoms with Crippen LogP contribution in [0.2, 0.25) is 0 Å². The van der Waals surface area contributed by atoms with Gasteiger partial charge in [0.05, 0.1) is 27.8 Å². The zero-order valence-corrected chi connectivity index (χ0v) is 24.2. The summed E-state index contributed by atoms with van der Waals surface area (Å²) in [5, 5.41) is 5.22. The quantitative estimate of drug-likeness (QED) is 0.153. The van der Waals surface area contributed by atoms with Gasteiger partial charge >= 0.3 is 0 Å². The van der Waals surface area contributed by atoms with Crippen molar-refractivity contribution in [3.05, 3.63) is 96.0 Å². The first-order valence-electron chi connectivity index (χ1n) is 12.3. The standard InChI is InChI=1S/C29H27BrIN3O3/c1-36-26-15-20(14-24(31)27(26)37-18-19-8-4-2-5-9-19)17-32-34-28(21-10-6-3-7-11-21)33-25-13-12-22(30)16-23(25)29(34)35/h2,4-5,8-9,12-17,21H,3,6-7,10-11,18H2,1H3. The zero-order chi connectivity index (χ0) is 25.8. The van der Waals surface area contributed by atoms with E-state index in [1.165, 1.54) is 11.1 Å². The number of methoxy groups -OCH3 is 1. The summed E-state index contributed by atoms with van der Waals surface area (Å²) in [6.07, 6.45) is 7.24. The molecule has 1 aliphatic carbocycles. The minimum atomic E-state index is -0.160. The minimum absolute atomic E-state index is 0.160. The number of benzene rings is 3. The smallest absolute Gasteiger partial charge is 0.282 e. The Morgan fingerprint density at radius 1 is 1.11 bits per heavy atom. The fraction of sp³-hybridized carbons (Fsp3) is 0.276. The average molecular weight is 672 g/mol. The number of aromatic nitrogens is 2. The van der Waals surface area contributed by atoms with Crippen molar-refractivity contribution in [2.75, 3.05) is 7.11 Å². The summed E-state index contributed by atoms with van der Waals surface area (Å²) < 4.78 is 15.0. The SMILES string of the molecule is COc1cc(C=Nn2c(C3CCCCC3)nc3ccc(Br)cc3c2=O)cc(I)c1OCc1ccccc1. The monoisotopic (exact) mass is 671 g/mol. The van der Waals surface area contributed by atoms with Crippen LogP contribution < -0.4 is 15.0 Å². The van der Waals surface area contributed by atoms with E-state index in [1.54, 1.807) is 13.3 Å². The van der Waals surface area contributed by atoms with E-state index in [2.05, 4.69) is 43.6 Å². The van der Waals surface area contributed by atoms with Gasteiger partial charge < -0.3 is 9.47 Å². The molecular weight excluding hydrogens is 645 g/mol. The molecule has 6 nitrogen and oxygen atoms in total. The van der Waals surface area contributed by atoms with Crippen LogP contribution >= 0.6 is 38.5 Å². The van der Waals surface area contributed by atoms with Crippen molar-refractivity contribution < 1.29 is 9.47 Å². The van der Waals surface area contributed by atoms with E-state index >= 15 is 0 Å². The second-order valence-corrected chi connectivity index (χ2v) is 11.2. The average Bonchev–Trinajstić information content (AvgIpc) is 2.93. The summed E-state index contributed by atoms with van der Waals surface area (Å²) in [5.41, 5.74) is 2.43. The van der Waals surface area contributed by atoms with Crippen molar-refractivity contribution in [3.63, 3.8) is 0 Å². The van der Waals surface area contributed by atoms with Gasteiger partial charge in [-0.2, -0.15) is 9.78 Å². The highest BCUT2D eigenvalue weighted by molar-refractivity contribution is 14.1. The first-order valence-corrected chi connectivity index (χ1v) is 14.2. The fourth-order valence-electron chi connectivity index (χ4n) is 4.71. The van der Waals surface area contributed by atoms with Crippen molar-refractivity contribution in [1.82, 2.24) is 9.66 Å². The van der Waals surface area contributed by atoms with Crippen LogP contribution in [0.15, 0.2) is 75.0 Å². The Hall–Kier alpha value is -2.72. The summed E-state index contributed by atoms with van der Waals surface area (Å²) in [4.78, 5) is 18.5. The van der Waals surface area contributed by atoms with Crippen LogP contribution in [0.1, 0.15) is 55.0 Å². The van der Waals surface area contributed by atoms with E-state index in [9.17, 15) is 4.79 Å². The van der Waals surface area contributed by atoms with Crippen molar-refractivity contribution in [2.24, 2.45) is 5.10 Å². The molecule has 0 radical (unpaired) electrons. The van der Waals surface area contributed by atoms with E-state index < -0.39 is 0 Å². The largest absolute Gasteiger partial charge is 0.493 e. The zero-order valence-electron chi connectivity index (χ0n) is 20.5. The Bertz CT molecular complexity index is 1500. The molecule has 0 aliphatic heterocycles. The number of ether oxygens (including phenoxy) is 2. The molecular formula is C29H27BrIN3O3. The maximum absolute atomic E-state index is 13.6. The van der Waals surface area contributed by atoms with Crippen LogP contribution in [-0.4, -0.2) is 23.0 Å². The number of fused-ring (bicyclic) bond motifs is 1. The minimum Gasteiger partial charge on any atom is -0.493 e. The molecule has 0 amide bonds. The lowest BCUT2D eigenvalue weighted by Gasteiger charge is -2.22. The van der Waals surface area contributed by atoms with E-state index in [-0.39, 0.29) is 11.5 Å². The van der Waals surface area contributed by atoms with Gasteiger partial charge in [-0.05, 0) is 76.9 Å². The molecule has 0 unspecified atom stereocenters. The van der Waals surface area contributed by atoms with Crippen LogP contribution in [0.5, 0.6) is 11.5 Å². The Labute approximate surface area is 238 Å². The number of nitrogens with zero attached hydrogens (tertiary/aromatic N) is 3. The molecule has 1 heterocycles. The van der Waals surface area contributed by atoms with Gasteiger partial charge in [-0.25, -0.2) is 4.98 Å². The summed E-state index contributed by atoms with van der Waals surface area (Å²) in [6.45, 7) is 0.444. The van der Waals surface area contributed by atoms with Gasteiger partial charge in [-0.1, -0.05) is 65.5 Å². The Morgan fingerprint density at radius 3 is 2.65 bits per heavy atom. The molecule has 1 fully saturated rings. The topological polar surface area (TPSA) is 65.7 Å². The van der Waals surface area contributed by atoms with Gasteiger partial charge in [-0.15, -0.1) is 0 Å². The second-order valence-electron chi connectivity index (χ2n) is 9.14. The first-order chi connectivity index (χ1) is 18.0. The van der Waals surface area contributed by atoms with Crippen molar-refractivity contribution in [1.29, 1.82) is 0 Å². The molecule has 1 saturated carbocycles. The van der Waals surface area contributed by atoms with E-state index in [4.69, 9.17) is 14.5 Å². The molecule has 4 aromatic rings. The normalized spacial score (nSPS) is 14.4. The maximum atomic E-state index is 13.6. The molecule has 190 valence electrons. The number of halogens is 2. The Morgan fingerprint density at radius 2 is 1.89 bits per heavy atom. The van der Waals surface area contributed by atoms with Crippen LogP contribution in [-0.2, 0) is 6.61 Å². The lowest BCUT2D eigenvalue weighted by molar-refractivity contribution is 0.282. The third-order valence-corrected chi connectivity index (χ3v) is 7.90. The summed E-state index contributed by atoms with van der Waals surface area (Å²) in [5.74, 6) is 2.25. The third kappa shape index (κ3) is 5.90. The lowest BCUT2D eigenvalue weighted by Crippen LogP contribution is -2.25. The molecule has 1 aliphatic rings. The molecule has 37 heavy (non-hydrogen) atoms. The summed E-state index contributed by atoms with van der Waals surface area (Å²) >= 11 is 5.72. The fourth-order valence-corrected chi connectivity index (χ4v) is 5.85.